The molecule has 1 atom stereocenters. The number of amides is 1. The van der Waals surface area contributed by atoms with Gasteiger partial charge in [0.05, 0.1) is 18.4 Å². The Labute approximate surface area is 158 Å². The SMILES string of the molecule is COC(=O)c1ccc2c(c1)NC(=O)C2C(C)=Nc1ccc(CN(C)C)cc1. The van der Waals surface area contributed by atoms with Gasteiger partial charge >= 0.3 is 5.97 Å². The zero-order valence-electron chi connectivity index (χ0n) is 15.9. The van der Waals surface area contributed by atoms with Crippen LogP contribution in [0.25, 0.3) is 0 Å². The van der Waals surface area contributed by atoms with Gasteiger partial charge in [0.2, 0.25) is 5.91 Å². The van der Waals surface area contributed by atoms with Crippen molar-refractivity contribution in [2.24, 2.45) is 4.99 Å². The number of carbonyl (C=O) groups is 2. The molecule has 6 nitrogen and oxygen atoms in total. The van der Waals surface area contributed by atoms with Crippen LogP contribution in [-0.2, 0) is 16.1 Å². The van der Waals surface area contributed by atoms with E-state index in [0.717, 1.165) is 17.8 Å². The van der Waals surface area contributed by atoms with E-state index < -0.39 is 11.9 Å². The Kier molecular flexibility index (Phi) is 5.37. The number of hydrogen-bond donors (Lipinski definition) is 1. The van der Waals surface area contributed by atoms with E-state index in [9.17, 15) is 9.59 Å². The number of aliphatic imine (C=N–C) groups is 1. The molecule has 0 fully saturated rings. The van der Waals surface area contributed by atoms with Crippen molar-refractivity contribution < 1.29 is 14.3 Å². The number of anilines is 1. The van der Waals surface area contributed by atoms with E-state index in [-0.39, 0.29) is 5.91 Å². The number of rotatable bonds is 5. The summed E-state index contributed by atoms with van der Waals surface area (Å²) in [5.41, 5.74) is 4.57. The molecular weight excluding hydrogens is 342 g/mol. The first-order valence-electron chi connectivity index (χ1n) is 8.71. The van der Waals surface area contributed by atoms with Crippen LogP contribution in [0.15, 0.2) is 47.5 Å². The second-order valence-corrected chi connectivity index (χ2v) is 6.87. The summed E-state index contributed by atoms with van der Waals surface area (Å²) in [7, 11) is 5.38. The summed E-state index contributed by atoms with van der Waals surface area (Å²) in [4.78, 5) is 30.9. The summed E-state index contributed by atoms with van der Waals surface area (Å²) < 4.78 is 4.73. The molecule has 0 bridgehead atoms. The Bertz CT molecular complexity index is 901. The molecule has 6 heteroatoms. The predicted octanol–water partition coefficient (Wildman–Crippen LogP) is 3.36. The van der Waals surface area contributed by atoms with Crippen molar-refractivity contribution in [3.8, 4) is 0 Å². The standard InChI is InChI=1S/C21H23N3O3/c1-13(22-16-8-5-14(6-9-16)12-24(2)3)19-17-10-7-15(21(26)27-4)11-18(17)23-20(19)25/h5-11,19H,12H2,1-4H3,(H,23,25). The first-order valence-corrected chi connectivity index (χ1v) is 8.71. The maximum atomic E-state index is 12.5. The van der Waals surface area contributed by atoms with Crippen molar-refractivity contribution in [3.05, 3.63) is 59.2 Å². The minimum Gasteiger partial charge on any atom is -0.465 e. The lowest BCUT2D eigenvalue weighted by atomic mass is 9.95. The Morgan fingerprint density at radius 1 is 1.19 bits per heavy atom. The number of esters is 1. The molecule has 1 aliphatic heterocycles. The number of nitrogens with zero attached hydrogens (tertiary/aromatic N) is 2. The van der Waals surface area contributed by atoms with Gasteiger partial charge in [0.1, 0.15) is 5.92 Å². The van der Waals surface area contributed by atoms with Crippen LogP contribution in [0.3, 0.4) is 0 Å². The van der Waals surface area contributed by atoms with E-state index in [0.29, 0.717) is 17.0 Å². The topological polar surface area (TPSA) is 71.0 Å². The molecule has 0 aliphatic carbocycles. The van der Waals surface area contributed by atoms with Gasteiger partial charge in [-0.2, -0.15) is 0 Å². The lowest BCUT2D eigenvalue weighted by Gasteiger charge is -2.11. The van der Waals surface area contributed by atoms with Crippen LogP contribution in [0.1, 0.15) is 34.3 Å². The zero-order chi connectivity index (χ0) is 19.6. The number of hydrogen-bond acceptors (Lipinski definition) is 5. The fourth-order valence-corrected chi connectivity index (χ4v) is 3.23. The van der Waals surface area contributed by atoms with Crippen molar-refractivity contribution in [1.82, 2.24) is 4.90 Å². The maximum absolute atomic E-state index is 12.5. The van der Waals surface area contributed by atoms with Crippen LogP contribution in [0.2, 0.25) is 0 Å². The van der Waals surface area contributed by atoms with Gasteiger partial charge in [-0.05, 0) is 56.4 Å². The summed E-state index contributed by atoms with van der Waals surface area (Å²) >= 11 is 0. The summed E-state index contributed by atoms with van der Waals surface area (Å²) in [6.45, 7) is 2.71. The quantitative estimate of drug-likeness (QED) is 0.651. The second kappa shape index (κ2) is 7.72. The molecule has 1 amide bonds. The second-order valence-electron chi connectivity index (χ2n) is 6.87. The number of methoxy groups -OCH3 is 1. The first kappa shape index (κ1) is 18.8. The van der Waals surface area contributed by atoms with Gasteiger partial charge in [-0.25, -0.2) is 4.79 Å². The van der Waals surface area contributed by atoms with E-state index in [1.807, 2.05) is 45.3 Å². The Morgan fingerprint density at radius 3 is 2.52 bits per heavy atom. The van der Waals surface area contributed by atoms with Gasteiger partial charge in [-0.15, -0.1) is 0 Å². The summed E-state index contributed by atoms with van der Waals surface area (Å²) in [5, 5.41) is 2.83. The van der Waals surface area contributed by atoms with Crippen molar-refractivity contribution in [2.45, 2.75) is 19.4 Å². The summed E-state index contributed by atoms with van der Waals surface area (Å²) in [5.74, 6) is -1.04. The minimum absolute atomic E-state index is 0.141. The highest BCUT2D eigenvalue weighted by molar-refractivity contribution is 6.18. The van der Waals surface area contributed by atoms with Crippen LogP contribution in [0.4, 0.5) is 11.4 Å². The molecule has 1 aliphatic rings. The minimum atomic E-state index is -0.465. The molecule has 0 aromatic heterocycles. The summed E-state index contributed by atoms with van der Waals surface area (Å²) in [6.07, 6.45) is 0. The van der Waals surface area contributed by atoms with E-state index in [1.165, 1.54) is 12.7 Å². The van der Waals surface area contributed by atoms with Crippen molar-refractivity contribution >= 4 is 29.0 Å². The molecule has 1 unspecified atom stereocenters. The molecule has 1 heterocycles. The number of carbonyl (C=O) groups excluding carboxylic acids is 2. The Balaban J connectivity index is 1.85. The Morgan fingerprint density at radius 2 is 1.89 bits per heavy atom. The molecule has 2 aromatic rings. The molecule has 0 radical (unpaired) electrons. The van der Waals surface area contributed by atoms with Gasteiger partial charge in [-0.1, -0.05) is 18.2 Å². The highest BCUT2D eigenvalue weighted by atomic mass is 16.5. The van der Waals surface area contributed by atoms with Crippen LogP contribution in [0.5, 0.6) is 0 Å². The van der Waals surface area contributed by atoms with Gasteiger partial charge in [0.15, 0.2) is 0 Å². The monoisotopic (exact) mass is 365 g/mol. The molecule has 1 N–H and O–H groups in total. The van der Waals surface area contributed by atoms with E-state index in [1.54, 1.807) is 18.2 Å². The van der Waals surface area contributed by atoms with Crippen molar-refractivity contribution in [2.75, 3.05) is 26.5 Å². The van der Waals surface area contributed by atoms with Crippen molar-refractivity contribution in [3.63, 3.8) is 0 Å². The van der Waals surface area contributed by atoms with Gasteiger partial charge < -0.3 is 15.0 Å². The number of benzene rings is 2. The zero-order valence-corrected chi connectivity index (χ0v) is 15.9. The number of nitrogens with one attached hydrogen (secondary N) is 1. The van der Waals surface area contributed by atoms with E-state index in [2.05, 4.69) is 15.2 Å². The first-order chi connectivity index (χ1) is 12.9. The molecule has 140 valence electrons. The molecular formula is C21H23N3O3. The largest absolute Gasteiger partial charge is 0.465 e. The lowest BCUT2D eigenvalue weighted by Crippen LogP contribution is -2.18. The molecule has 0 spiro atoms. The van der Waals surface area contributed by atoms with Gasteiger partial charge in [0, 0.05) is 17.9 Å². The Hall–Kier alpha value is -2.99. The normalized spacial score (nSPS) is 16.3. The number of ether oxygens (including phenoxy) is 1. The molecule has 0 saturated heterocycles. The van der Waals surface area contributed by atoms with Crippen LogP contribution < -0.4 is 5.32 Å². The third-order valence-corrected chi connectivity index (χ3v) is 4.46. The van der Waals surface area contributed by atoms with E-state index in [4.69, 9.17) is 4.74 Å². The molecule has 2 aromatic carbocycles. The third kappa shape index (κ3) is 4.06. The maximum Gasteiger partial charge on any atom is 0.337 e. The van der Waals surface area contributed by atoms with Crippen molar-refractivity contribution in [1.29, 1.82) is 0 Å². The smallest absolute Gasteiger partial charge is 0.337 e. The van der Waals surface area contributed by atoms with Crippen LogP contribution in [0, 0.1) is 0 Å². The van der Waals surface area contributed by atoms with Gasteiger partial charge in [0.25, 0.3) is 0 Å². The highest BCUT2D eigenvalue weighted by Crippen LogP contribution is 2.35. The average molecular weight is 365 g/mol. The van der Waals surface area contributed by atoms with E-state index >= 15 is 0 Å². The third-order valence-electron chi connectivity index (χ3n) is 4.46. The van der Waals surface area contributed by atoms with Crippen LogP contribution >= 0.6 is 0 Å². The predicted molar refractivity (Wildman–Crippen MR) is 106 cm³/mol. The van der Waals surface area contributed by atoms with Gasteiger partial charge in [-0.3, -0.25) is 9.79 Å². The summed E-state index contributed by atoms with van der Waals surface area (Å²) in [6, 6.07) is 13.1. The number of fused-ring (bicyclic) bond motifs is 1. The fraction of sp³-hybridized carbons (Fsp3) is 0.286. The van der Waals surface area contributed by atoms with Crippen LogP contribution in [-0.4, -0.2) is 43.7 Å². The average Bonchev–Trinajstić information content (AvgIpc) is 2.97. The molecule has 3 rings (SSSR count). The lowest BCUT2D eigenvalue weighted by molar-refractivity contribution is -0.115. The highest BCUT2D eigenvalue weighted by Gasteiger charge is 2.33. The fourth-order valence-electron chi connectivity index (χ4n) is 3.23. The molecule has 0 saturated carbocycles. The molecule has 27 heavy (non-hydrogen) atoms.